The molecule has 102 valence electrons. The second-order valence-corrected chi connectivity index (χ2v) is 6.48. The molecule has 4 rings (SSSR count). The van der Waals surface area contributed by atoms with E-state index in [4.69, 9.17) is 10.5 Å². The molecule has 0 saturated carbocycles. The molecule has 2 aliphatic rings. The number of thioether (sulfide) groups is 1. The molecule has 0 aromatic heterocycles. The Balaban J connectivity index is 1.73. The largest absolute Gasteiger partial charge is 0.493 e. The first kappa shape index (κ1) is 12.3. The Bertz CT molecular complexity index is 655. The molecule has 0 bridgehead atoms. The maximum absolute atomic E-state index is 6.59. The monoisotopic (exact) mass is 283 g/mol. The highest BCUT2D eigenvalue weighted by molar-refractivity contribution is 7.99. The number of hydrogen-bond donors (Lipinski definition) is 1. The fraction of sp³-hybridized carbons (Fsp3) is 0.294. The molecule has 2 N–H and O–H groups in total. The molecule has 0 aliphatic carbocycles. The third-order valence-electron chi connectivity index (χ3n) is 4.27. The molecule has 2 nitrogen and oxygen atoms in total. The third-order valence-corrected chi connectivity index (χ3v) is 5.48. The molecule has 3 heteroatoms. The Morgan fingerprint density at radius 3 is 3.00 bits per heavy atom. The lowest BCUT2D eigenvalue weighted by Crippen LogP contribution is -2.20. The molecule has 2 atom stereocenters. The van der Waals surface area contributed by atoms with E-state index in [2.05, 4.69) is 42.5 Å². The summed E-state index contributed by atoms with van der Waals surface area (Å²) in [5.41, 5.74) is 10.5. The highest BCUT2D eigenvalue weighted by Crippen LogP contribution is 2.46. The molecule has 0 amide bonds. The van der Waals surface area contributed by atoms with Gasteiger partial charge in [-0.2, -0.15) is 0 Å². The van der Waals surface area contributed by atoms with E-state index in [0.29, 0.717) is 5.92 Å². The second-order valence-electron chi connectivity index (χ2n) is 5.42. The van der Waals surface area contributed by atoms with Crippen LogP contribution in [0.5, 0.6) is 5.75 Å². The molecule has 2 aliphatic heterocycles. The summed E-state index contributed by atoms with van der Waals surface area (Å²) in [7, 11) is 0. The average Bonchev–Trinajstić information content (AvgIpc) is 3.12. The highest BCUT2D eigenvalue weighted by Gasteiger charge is 2.31. The normalized spacial score (nSPS) is 21.1. The van der Waals surface area contributed by atoms with Crippen LogP contribution in [0, 0.1) is 0 Å². The minimum atomic E-state index is 0.0131. The first-order chi connectivity index (χ1) is 9.84. The van der Waals surface area contributed by atoms with Gasteiger partial charge in [-0.15, -0.1) is 11.8 Å². The summed E-state index contributed by atoms with van der Waals surface area (Å²) in [4.78, 5) is 1.38. The number of hydrogen-bond acceptors (Lipinski definition) is 3. The van der Waals surface area contributed by atoms with Crippen LogP contribution in [0.15, 0.2) is 47.4 Å². The fourth-order valence-corrected chi connectivity index (χ4v) is 4.51. The summed E-state index contributed by atoms with van der Waals surface area (Å²) in [5, 5.41) is 0. The van der Waals surface area contributed by atoms with Crippen LogP contribution in [-0.2, 0) is 6.42 Å². The first-order valence-electron chi connectivity index (χ1n) is 7.06. The summed E-state index contributed by atoms with van der Waals surface area (Å²) in [6.07, 6.45) is 1.01. The molecule has 0 saturated heterocycles. The Kier molecular flexibility index (Phi) is 2.97. The summed E-state index contributed by atoms with van der Waals surface area (Å²) in [6.45, 7) is 0.787. The number of benzene rings is 2. The van der Waals surface area contributed by atoms with Gasteiger partial charge in [0.2, 0.25) is 0 Å². The van der Waals surface area contributed by atoms with Gasteiger partial charge in [-0.05, 0) is 17.2 Å². The van der Waals surface area contributed by atoms with Crippen molar-refractivity contribution in [2.24, 2.45) is 5.73 Å². The van der Waals surface area contributed by atoms with Gasteiger partial charge < -0.3 is 10.5 Å². The van der Waals surface area contributed by atoms with Crippen LogP contribution in [-0.4, -0.2) is 12.4 Å². The zero-order valence-electron chi connectivity index (χ0n) is 11.2. The van der Waals surface area contributed by atoms with E-state index in [1.165, 1.54) is 21.6 Å². The highest BCUT2D eigenvalue weighted by atomic mass is 32.2. The van der Waals surface area contributed by atoms with Crippen molar-refractivity contribution in [1.29, 1.82) is 0 Å². The number of para-hydroxylation sites is 1. The lowest BCUT2D eigenvalue weighted by Gasteiger charge is -2.22. The van der Waals surface area contributed by atoms with Crippen LogP contribution >= 0.6 is 11.8 Å². The van der Waals surface area contributed by atoms with E-state index in [0.717, 1.165) is 24.5 Å². The van der Waals surface area contributed by atoms with E-state index in [-0.39, 0.29) is 6.04 Å². The topological polar surface area (TPSA) is 35.2 Å². The summed E-state index contributed by atoms with van der Waals surface area (Å²) in [6, 6.07) is 15.0. The van der Waals surface area contributed by atoms with Crippen molar-refractivity contribution in [1.82, 2.24) is 0 Å². The van der Waals surface area contributed by atoms with E-state index in [9.17, 15) is 0 Å². The lowest BCUT2D eigenvalue weighted by atomic mass is 9.88. The Morgan fingerprint density at radius 2 is 2.05 bits per heavy atom. The standard InChI is InChI=1S/C17H17NOS/c18-16(13-6-3-4-11-8-9-19-17(11)13)14-10-20-15-7-2-1-5-12(14)15/h1-7,14,16H,8-10,18H2. The predicted octanol–water partition coefficient (Wildman–Crippen LogP) is 3.51. The molecule has 0 radical (unpaired) electrons. The molecule has 0 spiro atoms. The molecule has 20 heavy (non-hydrogen) atoms. The average molecular weight is 283 g/mol. The quantitative estimate of drug-likeness (QED) is 0.916. The van der Waals surface area contributed by atoms with Gasteiger partial charge in [0.1, 0.15) is 5.75 Å². The van der Waals surface area contributed by atoms with Gasteiger partial charge in [0.15, 0.2) is 0 Å². The molecular formula is C17H17NOS. The lowest BCUT2D eigenvalue weighted by molar-refractivity contribution is 0.349. The van der Waals surface area contributed by atoms with Crippen LogP contribution in [0.4, 0.5) is 0 Å². The Morgan fingerprint density at radius 1 is 1.15 bits per heavy atom. The maximum atomic E-state index is 6.59. The zero-order chi connectivity index (χ0) is 13.5. The van der Waals surface area contributed by atoms with Crippen molar-refractivity contribution in [3.05, 3.63) is 59.2 Å². The molecular weight excluding hydrogens is 266 g/mol. The first-order valence-corrected chi connectivity index (χ1v) is 8.05. The van der Waals surface area contributed by atoms with Gasteiger partial charge in [-0.3, -0.25) is 0 Å². The summed E-state index contributed by atoms with van der Waals surface area (Å²) in [5.74, 6) is 2.48. The number of fused-ring (bicyclic) bond motifs is 2. The maximum Gasteiger partial charge on any atom is 0.127 e. The predicted molar refractivity (Wildman–Crippen MR) is 82.5 cm³/mol. The molecule has 0 fully saturated rings. The SMILES string of the molecule is NC(c1cccc2c1OCC2)C1CSc2ccccc21. The number of rotatable bonds is 2. The van der Waals surface area contributed by atoms with E-state index in [1.807, 2.05) is 11.8 Å². The van der Waals surface area contributed by atoms with Crippen LogP contribution in [0.2, 0.25) is 0 Å². The van der Waals surface area contributed by atoms with Crippen LogP contribution in [0.3, 0.4) is 0 Å². The van der Waals surface area contributed by atoms with Crippen molar-refractivity contribution in [2.45, 2.75) is 23.3 Å². The van der Waals surface area contributed by atoms with Crippen molar-refractivity contribution >= 4 is 11.8 Å². The number of ether oxygens (including phenoxy) is 1. The van der Waals surface area contributed by atoms with E-state index in [1.54, 1.807) is 0 Å². The second kappa shape index (κ2) is 4.83. The van der Waals surface area contributed by atoms with Crippen LogP contribution < -0.4 is 10.5 Å². The van der Waals surface area contributed by atoms with Gasteiger partial charge in [0.05, 0.1) is 6.61 Å². The minimum Gasteiger partial charge on any atom is -0.493 e. The third kappa shape index (κ3) is 1.85. The molecule has 2 heterocycles. The smallest absolute Gasteiger partial charge is 0.127 e. The van der Waals surface area contributed by atoms with Gasteiger partial charge in [-0.25, -0.2) is 0 Å². The van der Waals surface area contributed by atoms with Crippen molar-refractivity contribution in [3.8, 4) is 5.75 Å². The minimum absolute atomic E-state index is 0.0131. The Hall–Kier alpha value is -1.45. The molecule has 2 aromatic rings. The fourth-order valence-electron chi connectivity index (χ4n) is 3.20. The molecule has 2 aromatic carbocycles. The van der Waals surface area contributed by atoms with Crippen molar-refractivity contribution in [2.75, 3.05) is 12.4 Å². The molecule has 2 unspecified atom stereocenters. The van der Waals surface area contributed by atoms with Crippen molar-refractivity contribution < 1.29 is 4.74 Å². The van der Waals surface area contributed by atoms with Crippen LogP contribution in [0.25, 0.3) is 0 Å². The Labute approximate surface area is 123 Å². The van der Waals surface area contributed by atoms with Crippen LogP contribution in [0.1, 0.15) is 28.7 Å². The van der Waals surface area contributed by atoms with E-state index < -0.39 is 0 Å². The van der Waals surface area contributed by atoms with Crippen molar-refractivity contribution in [3.63, 3.8) is 0 Å². The van der Waals surface area contributed by atoms with Gasteiger partial charge >= 0.3 is 0 Å². The van der Waals surface area contributed by atoms with Gasteiger partial charge in [0, 0.05) is 34.6 Å². The number of nitrogens with two attached hydrogens (primary N) is 1. The zero-order valence-corrected chi connectivity index (χ0v) is 12.0. The summed E-state index contributed by atoms with van der Waals surface area (Å²) < 4.78 is 5.81. The summed E-state index contributed by atoms with van der Waals surface area (Å²) >= 11 is 1.91. The van der Waals surface area contributed by atoms with E-state index >= 15 is 0 Å². The van der Waals surface area contributed by atoms with Gasteiger partial charge in [-0.1, -0.05) is 36.4 Å². The van der Waals surface area contributed by atoms with Gasteiger partial charge in [0.25, 0.3) is 0 Å².